The van der Waals surface area contributed by atoms with Crippen LogP contribution in [-0.4, -0.2) is 7.11 Å². The predicted molar refractivity (Wildman–Crippen MR) is 169 cm³/mol. The molecule has 0 amide bonds. The van der Waals surface area contributed by atoms with Crippen molar-refractivity contribution < 1.29 is 4.74 Å². The number of hydrogen-bond acceptors (Lipinski definition) is 2. The van der Waals surface area contributed by atoms with E-state index >= 15 is 0 Å². The maximum atomic E-state index is 5.93. The van der Waals surface area contributed by atoms with Gasteiger partial charge in [0, 0.05) is 11.0 Å². The molecular weight excluding hydrogens is 525 g/mol. The lowest BCUT2D eigenvalue weighted by Crippen LogP contribution is -2.05. The van der Waals surface area contributed by atoms with E-state index in [1.54, 1.807) is 18.9 Å². The molecule has 0 aliphatic carbocycles. The van der Waals surface area contributed by atoms with Crippen molar-refractivity contribution in [3.8, 4) is 28.0 Å². The molecule has 0 heterocycles. The molecule has 1 atom stereocenters. The third kappa shape index (κ3) is 5.86. The van der Waals surface area contributed by atoms with Crippen molar-refractivity contribution in [2.24, 2.45) is 0 Å². The van der Waals surface area contributed by atoms with E-state index in [-0.39, 0.29) is 10.9 Å². The molecule has 0 spiro atoms. The molecule has 40 heavy (non-hydrogen) atoms. The van der Waals surface area contributed by atoms with Crippen LogP contribution in [0.3, 0.4) is 0 Å². The Balaban J connectivity index is 1.30. The smallest absolute Gasteiger partial charge is 0.170 e. The first-order valence-corrected chi connectivity index (χ1v) is 15.3. The van der Waals surface area contributed by atoms with Crippen LogP contribution in [0.1, 0.15) is 0 Å². The molecular formula is C37H29OS2+. The van der Waals surface area contributed by atoms with Crippen molar-refractivity contribution in [2.45, 2.75) is 24.5 Å². The van der Waals surface area contributed by atoms with Gasteiger partial charge >= 0.3 is 0 Å². The first kappa shape index (κ1) is 26.1. The van der Waals surface area contributed by atoms with Gasteiger partial charge in [0.05, 0.1) is 22.9 Å². The summed E-state index contributed by atoms with van der Waals surface area (Å²) in [5.41, 5.74) is 4.90. The number of rotatable bonds is 8. The van der Waals surface area contributed by atoms with Crippen LogP contribution in [0, 0.1) is 0 Å². The highest BCUT2D eigenvalue weighted by molar-refractivity contribution is 7.99. The van der Waals surface area contributed by atoms with Gasteiger partial charge in [0.2, 0.25) is 0 Å². The summed E-state index contributed by atoms with van der Waals surface area (Å²) in [6.07, 6.45) is 0. The standard InChI is InChI=1S/C37H29OS2/c1-38-36-27-35(25-26-37(36)39-32-21-17-30(18-22-32)28-11-5-2-6-12-28)40(33-15-9-4-10-16-33)34-23-19-31(20-24-34)29-13-7-3-8-14-29/h2-27H,1H3/q+1. The molecule has 0 N–H and O–H groups in total. The quantitative estimate of drug-likeness (QED) is 0.173. The molecule has 0 aliphatic heterocycles. The summed E-state index contributed by atoms with van der Waals surface area (Å²) in [5.74, 6) is 0.893. The Hall–Kier alpha value is -4.18. The summed E-state index contributed by atoms with van der Waals surface area (Å²) in [7, 11) is 1.50. The number of hydrogen-bond donors (Lipinski definition) is 0. The van der Waals surface area contributed by atoms with Crippen molar-refractivity contribution in [3.63, 3.8) is 0 Å². The highest BCUT2D eigenvalue weighted by Crippen LogP contribution is 2.40. The molecule has 0 saturated heterocycles. The summed E-state index contributed by atoms with van der Waals surface area (Å²) >= 11 is 1.73. The average molecular weight is 554 g/mol. The SMILES string of the molecule is COc1cc([S+](c2ccccc2)c2ccc(-c3ccccc3)cc2)ccc1Sc1ccc(-c2ccccc2)cc1. The zero-order valence-corrected chi connectivity index (χ0v) is 23.9. The Morgan fingerprint density at radius 3 is 1.45 bits per heavy atom. The molecule has 0 radical (unpaired) electrons. The van der Waals surface area contributed by atoms with E-state index in [9.17, 15) is 0 Å². The lowest BCUT2D eigenvalue weighted by atomic mass is 10.1. The van der Waals surface area contributed by atoms with Crippen LogP contribution in [0.25, 0.3) is 22.3 Å². The third-order valence-electron chi connectivity index (χ3n) is 6.74. The zero-order chi connectivity index (χ0) is 27.1. The van der Waals surface area contributed by atoms with E-state index in [1.807, 2.05) is 6.07 Å². The van der Waals surface area contributed by atoms with Gasteiger partial charge in [-0.3, -0.25) is 0 Å². The topological polar surface area (TPSA) is 9.23 Å². The van der Waals surface area contributed by atoms with E-state index in [1.165, 1.54) is 41.8 Å². The van der Waals surface area contributed by atoms with E-state index in [2.05, 4.69) is 152 Å². The summed E-state index contributed by atoms with van der Waals surface area (Å²) in [6.45, 7) is 0. The Bertz CT molecular complexity index is 1670. The van der Waals surface area contributed by atoms with Crippen molar-refractivity contribution in [1.82, 2.24) is 0 Å². The normalized spacial score (nSPS) is 11.6. The van der Waals surface area contributed by atoms with Crippen molar-refractivity contribution >= 4 is 22.7 Å². The fraction of sp³-hybridized carbons (Fsp3) is 0.0270. The molecule has 1 nitrogen and oxygen atoms in total. The predicted octanol–water partition coefficient (Wildman–Crippen LogP) is 10.3. The molecule has 1 unspecified atom stereocenters. The van der Waals surface area contributed by atoms with Gasteiger partial charge in [-0.1, -0.05) is 103 Å². The van der Waals surface area contributed by atoms with E-state index in [4.69, 9.17) is 4.74 Å². The largest absolute Gasteiger partial charge is 0.495 e. The monoisotopic (exact) mass is 553 g/mol. The van der Waals surface area contributed by atoms with Crippen molar-refractivity contribution in [2.75, 3.05) is 7.11 Å². The molecule has 6 aromatic carbocycles. The molecule has 194 valence electrons. The Kier molecular flexibility index (Phi) is 8.04. The highest BCUT2D eigenvalue weighted by Gasteiger charge is 2.29. The van der Waals surface area contributed by atoms with E-state index in [0.29, 0.717) is 0 Å². The van der Waals surface area contributed by atoms with Gasteiger partial charge in [-0.15, -0.1) is 0 Å². The van der Waals surface area contributed by atoms with Crippen LogP contribution in [-0.2, 0) is 10.9 Å². The minimum Gasteiger partial charge on any atom is -0.495 e. The van der Waals surface area contributed by atoms with E-state index < -0.39 is 0 Å². The molecule has 0 bridgehead atoms. The third-order valence-corrected chi connectivity index (χ3v) is 10.0. The van der Waals surface area contributed by atoms with Gasteiger partial charge in [-0.25, -0.2) is 0 Å². The van der Waals surface area contributed by atoms with Gasteiger partial charge in [0.25, 0.3) is 0 Å². The van der Waals surface area contributed by atoms with Gasteiger partial charge in [-0.2, -0.15) is 0 Å². The summed E-state index contributed by atoms with van der Waals surface area (Å²) in [5, 5.41) is 0. The fourth-order valence-electron chi connectivity index (χ4n) is 4.71. The summed E-state index contributed by atoms with van der Waals surface area (Å²) in [6, 6.07) is 56.2. The Morgan fingerprint density at radius 1 is 0.450 bits per heavy atom. The first-order valence-electron chi connectivity index (χ1n) is 13.2. The minimum absolute atomic E-state index is 0.259. The summed E-state index contributed by atoms with van der Waals surface area (Å²) in [4.78, 5) is 6.09. The Morgan fingerprint density at radius 2 is 0.900 bits per heavy atom. The van der Waals surface area contributed by atoms with Crippen molar-refractivity contribution in [3.05, 3.63) is 158 Å². The maximum absolute atomic E-state index is 5.93. The second-order valence-electron chi connectivity index (χ2n) is 9.31. The van der Waals surface area contributed by atoms with Crippen molar-refractivity contribution in [1.29, 1.82) is 0 Å². The van der Waals surface area contributed by atoms with Crippen LogP contribution in [0.5, 0.6) is 5.75 Å². The molecule has 0 aromatic heterocycles. The Labute approximate surface area is 243 Å². The van der Waals surface area contributed by atoms with Gasteiger partial charge in [-0.05, 0) is 82.9 Å². The molecule has 0 aliphatic rings. The first-order chi connectivity index (χ1) is 19.8. The van der Waals surface area contributed by atoms with E-state index in [0.717, 1.165) is 10.6 Å². The zero-order valence-electron chi connectivity index (χ0n) is 22.2. The molecule has 0 fully saturated rings. The molecule has 6 aromatic rings. The van der Waals surface area contributed by atoms with Crippen LogP contribution in [0.15, 0.2) is 182 Å². The van der Waals surface area contributed by atoms with Gasteiger partial charge in [0.1, 0.15) is 5.75 Å². The van der Waals surface area contributed by atoms with Crippen LogP contribution >= 0.6 is 11.8 Å². The lowest BCUT2D eigenvalue weighted by molar-refractivity contribution is 0.403. The van der Waals surface area contributed by atoms with Crippen LogP contribution in [0.4, 0.5) is 0 Å². The fourth-order valence-corrected chi connectivity index (χ4v) is 7.70. The second-order valence-corrected chi connectivity index (χ2v) is 12.5. The lowest BCUT2D eigenvalue weighted by Gasteiger charge is -2.13. The van der Waals surface area contributed by atoms with Crippen LogP contribution < -0.4 is 4.74 Å². The highest BCUT2D eigenvalue weighted by atomic mass is 32.2. The second kappa shape index (κ2) is 12.3. The summed E-state index contributed by atoms with van der Waals surface area (Å²) < 4.78 is 5.93. The molecule has 3 heteroatoms. The minimum atomic E-state index is -0.259. The number of methoxy groups -OCH3 is 1. The number of ether oxygens (including phenoxy) is 1. The molecule has 6 rings (SSSR count). The van der Waals surface area contributed by atoms with Crippen LogP contribution in [0.2, 0.25) is 0 Å². The molecule has 0 saturated carbocycles. The maximum Gasteiger partial charge on any atom is 0.170 e. The number of benzene rings is 6. The van der Waals surface area contributed by atoms with Gasteiger partial charge < -0.3 is 4.74 Å². The average Bonchev–Trinajstić information content (AvgIpc) is 3.04. The van der Waals surface area contributed by atoms with Gasteiger partial charge in [0.15, 0.2) is 14.7 Å².